The molecule has 164 valence electrons. The van der Waals surface area contributed by atoms with Crippen LogP contribution in [-0.4, -0.2) is 11.8 Å². The number of anilines is 1. The van der Waals surface area contributed by atoms with E-state index in [1.165, 1.54) is 5.56 Å². The van der Waals surface area contributed by atoms with Crippen molar-refractivity contribution >= 4 is 39.5 Å². The largest absolute Gasteiger partial charge is 0.321 e. The summed E-state index contributed by atoms with van der Waals surface area (Å²) in [4.78, 5) is 25.8. The van der Waals surface area contributed by atoms with Gasteiger partial charge >= 0.3 is 0 Å². The lowest BCUT2D eigenvalue weighted by atomic mass is 10.1. The molecule has 3 aromatic carbocycles. The molecule has 0 saturated heterocycles. The van der Waals surface area contributed by atoms with Gasteiger partial charge in [0.05, 0.1) is 0 Å². The average Bonchev–Trinajstić information content (AvgIpc) is 2.80. The van der Waals surface area contributed by atoms with Gasteiger partial charge in [0.2, 0.25) is 0 Å². The molecule has 2 amide bonds. The molecule has 0 radical (unpaired) electrons. The molecule has 0 spiro atoms. The Kier molecular flexibility index (Phi) is 8.40. The molecule has 4 nitrogen and oxygen atoms in total. The third kappa shape index (κ3) is 6.92. The van der Waals surface area contributed by atoms with Crippen LogP contribution in [0.15, 0.2) is 83.0 Å². The second kappa shape index (κ2) is 11.4. The zero-order chi connectivity index (χ0) is 22.9. The highest BCUT2D eigenvalue weighted by Gasteiger charge is 2.15. The standard InChI is InChI=1S/C27H27BrN2O2/c1-3-4-5-20-10-16-24(17-11-20)29-27(32)25(18-21-8-14-23(28)15-9-21)30-26(31)22-12-6-19(2)7-13-22/h6-18H,3-5H2,1-2H3,(H,29,32)(H,30,31)/b25-18-. The molecule has 0 fully saturated rings. The van der Waals surface area contributed by atoms with Crippen LogP contribution in [0.3, 0.4) is 0 Å². The minimum Gasteiger partial charge on any atom is -0.321 e. The molecule has 0 aromatic heterocycles. The maximum atomic E-state index is 13.1. The van der Waals surface area contributed by atoms with Crippen LogP contribution >= 0.6 is 15.9 Å². The number of unbranched alkanes of at least 4 members (excludes halogenated alkanes) is 1. The van der Waals surface area contributed by atoms with Crippen LogP contribution in [0, 0.1) is 6.92 Å². The molecule has 0 aliphatic heterocycles. The fourth-order valence-corrected chi connectivity index (χ4v) is 3.38. The second-order valence-electron chi connectivity index (χ2n) is 7.68. The van der Waals surface area contributed by atoms with Crippen molar-refractivity contribution in [3.63, 3.8) is 0 Å². The number of hydrogen-bond acceptors (Lipinski definition) is 2. The highest BCUT2D eigenvalue weighted by atomic mass is 79.9. The molecule has 0 saturated carbocycles. The van der Waals surface area contributed by atoms with E-state index in [0.29, 0.717) is 11.3 Å². The molecule has 32 heavy (non-hydrogen) atoms. The van der Waals surface area contributed by atoms with Gasteiger partial charge < -0.3 is 10.6 Å². The summed E-state index contributed by atoms with van der Waals surface area (Å²) in [5.41, 5.74) is 4.45. The predicted molar refractivity (Wildman–Crippen MR) is 134 cm³/mol. The Hall–Kier alpha value is -3.18. The number of amides is 2. The van der Waals surface area contributed by atoms with Crippen LogP contribution in [0.25, 0.3) is 6.08 Å². The van der Waals surface area contributed by atoms with E-state index in [0.717, 1.165) is 34.9 Å². The van der Waals surface area contributed by atoms with Gasteiger partial charge in [-0.25, -0.2) is 0 Å². The minimum absolute atomic E-state index is 0.174. The van der Waals surface area contributed by atoms with Crippen LogP contribution in [0.1, 0.15) is 46.8 Å². The second-order valence-corrected chi connectivity index (χ2v) is 8.60. The molecule has 0 unspecified atom stereocenters. The fraction of sp³-hybridized carbons (Fsp3) is 0.185. The Morgan fingerprint density at radius 1 is 0.906 bits per heavy atom. The van der Waals surface area contributed by atoms with Crippen LogP contribution < -0.4 is 10.6 Å². The minimum atomic E-state index is -0.380. The summed E-state index contributed by atoms with van der Waals surface area (Å²) in [5.74, 6) is -0.715. The van der Waals surface area contributed by atoms with Crippen molar-refractivity contribution in [3.05, 3.63) is 105 Å². The van der Waals surface area contributed by atoms with Crippen molar-refractivity contribution in [2.24, 2.45) is 0 Å². The van der Waals surface area contributed by atoms with Gasteiger partial charge in [-0.2, -0.15) is 0 Å². The maximum absolute atomic E-state index is 13.1. The quantitative estimate of drug-likeness (QED) is 0.353. The lowest BCUT2D eigenvalue weighted by Crippen LogP contribution is -2.30. The summed E-state index contributed by atoms with van der Waals surface area (Å²) in [6.45, 7) is 4.13. The molecule has 0 heterocycles. The summed E-state index contributed by atoms with van der Waals surface area (Å²) in [6.07, 6.45) is 4.97. The number of carbonyl (C=O) groups is 2. The molecular formula is C27H27BrN2O2. The zero-order valence-corrected chi connectivity index (χ0v) is 19.9. The van der Waals surface area contributed by atoms with E-state index in [4.69, 9.17) is 0 Å². The lowest BCUT2D eigenvalue weighted by Gasteiger charge is -2.12. The zero-order valence-electron chi connectivity index (χ0n) is 18.3. The normalized spacial score (nSPS) is 11.2. The van der Waals surface area contributed by atoms with Crippen molar-refractivity contribution in [2.45, 2.75) is 33.1 Å². The summed E-state index contributed by atoms with van der Waals surface area (Å²) in [6, 6.07) is 22.6. The Morgan fingerprint density at radius 2 is 1.56 bits per heavy atom. The number of halogens is 1. The van der Waals surface area contributed by atoms with Gasteiger partial charge in [0, 0.05) is 15.7 Å². The molecule has 0 aliphatic carbocycles. The lowest BCUT2D eigenvalue weighted by molar-refractivity contribution is -0.113. The fourth-order valence-electron chi connectivity index (χ4n) is 3.12. The Balaban J connectivity index is 1.80. The molecule has 5 heteroatoms. The number of benzene rings is 3. The maximum Gasteiger partial charge on any atom is 0.272 e. The van der Waals surface area contributed by atoms with E-state index >= 15 is 0 Å². The van der Waals surface area contributed by atoms with Crippen molar-refractivity contribution in [1.82, 2.24) is 5.32 Å². The summed E-state index contributed by atoms with van der Waals surface area (Å²) < 4.78 is 0.938. The summed E-state index contributed by atoms with van der Waals surface area (Å²) >= 11 is 3.41. The first-order chi connectivity index (χ1) is 15.4. The topological polar surface area (TPSA) is 58.2 Å². The number of rotatable bonds is 8. The van der Waals surface area contributed by atoms with Crippen molar-refractivity contribution < 1.29 is 9.59 Å². The van der Waals surface area contributed by atoms with Crippen LogP contribution in [0.4, 0.5) is 5.69 Å². The van der Waals surface area contributed by atoms with E-state index in [1.807, 2.05) is 67.6 Å². The van der Waals surface area contributed by atoms with Crippen LogP contribution in [0.2, 0.25) is 0 Å². The molecule has 0 atom stereocenters. The first-order valence-corrected chi connectivity index (χ1v) is 11.5. The molecular weight excluding hydrogens is 464 g/mol. The van der Waals surface area contributed by atoms with Gasteiger partial charge in [-0.05, 0) is 73.4 Å². The number of nitrogens with one attached hydrogen (secondary N) is 2. The van der Waals surface area contributed by atoms with E-state index in [9.17, 15) is 9.59 Å². The van der Waals surface area contributed by atoms with Crippen LogP contribution in [-0.2, 0) is 11.2 Å². The molecule has 0 aliphatic rings. The Morgan fingerprint density at radius 3 is 2.19 bits per heavy atom. The van der Waals surface area contributed by atoms with Crippen LogP contribution in [0.5, 0.6) is 0 Å². The average molecular weight is 491 g/mol. The summed E-state index contributed by atoms with van der Waals surface area (Å²) in [5, 5.41) is 5.67. The molecule has 0 bridgehead atoms. The van der Waals surface area contributed by atoms with Gasteiger partial charge in [-0.3, -0.25) is 9.59 Å². The Labute approximate surface area is 197 Å². The molecule has 3 aromatic rings. The van der Waals surface area contributed by atoms with E-state index in [-0.39, 0.29) is 17.5 Å². The number of hydrogen-bond donors (Lipinski definition) is 2. The SMILES string of the molecule is CCCCc1ccc(NC(=O)/C(=C/c2ccc(Br)cc2)NC(=O)c2ccc(C)cc2)cc1. The summed E-state index contributed by atoms with van der Waals surface area (Å²) in [7, 11) is 0. The smallest absolute Gasteiger partial charge is 0.272 e. The third-order valence-electron chi connectivity index (χ3n) is 5.02. The van der Waals surface area contributed by atoms with Gasteiger partial charge in [0.15, 0.2) is 0 Å². The van der Waals surface area contributed by atoms with Crippen molar-refractivity contribution in [1.29, 1.82) is 0 Å². The number of carbonyl (C=O) groups excluding carboxylic acids is 2. The first kappa shape index (κ1) is 23.5. The molecule has 2 N–H and O–H groups in total. The van der Waals surface area contributed by atoms with Gasteiger partial charge in [0.25, 0.3) is 11.8 Å². The number of aryl methyl sites for hydroxylation is 2. The van der Waals surface area contributed by atoms with Crippen molar-refractivity contribution in [2.75, 3.05) is 5.32 Å². The predicted octanol–water partition coefficient (Wildman–Crippen LogP) is 6.51. The third-order valence-corrected chi connectivity index (χ3v) is 5.55. The van der Waals surface area contributed by atoms with Gasteiger partial charge in [0.1, 0.15) is 5.70 Å². The van der Waals surface area contributed by atoms with E-state index < -0.39 is 0 Å². The highest BCUT2D eigenvalue weighted by molar-refractivity contribution is 9.10. The monoisotopic (exact) mass is 490 g/mol. The van der Waals surface area contributed by atoms with Gasteiger partial charge in [-0.1, -0.05) is 71.2 Å². The first-order valence-electron chi connectivity index (χ1n) is 10.7. The highest BCUT2D eigenvalue weighted by Crippen LogP contribution is 2.16. The van der Waals surface area contributed by atoms with E-state index in [2.05, 4.69) is 33.5 Å². The Bertz CT molecular complexity index is 1090. The molecule has 3 rings (SSSR count). The van der Waals surface area contributed by atoms with Gasteiger partial charge in [-0.15, -0.1) is 0 Å². The van der Waals surface area contributed by atoms with E-state index in [1.54, 1.807) is 18.2 Å². The van der Waals surface area contributed by atoms with Crippen molar-refractivity contribution in [3.8, 4) is 0 Å².